The van der Waals surface area contributed by atoms with Gasteiger partial charge >= 0.3 is 0 Å². The number of imidazole rings is 1. The van der Waals surface area contributed by atoms with E-state index in [0.717, 1.165) is 11.3 Å². The number of aromatic nitrogens is 2. The number of piperazine rings is 1. The fraction of sp³-hybridized carbons (Fsp3) is 0.400. The number of carbonyl (C=O) groups excluding carboxylic acids is 2. The predicted molar refractivity (Wildman–Crippen MR) is 77.7 cm³/mol. The number of rotatable bonds is 3. The van der Waals surface area contributed by atoms with Crippen LogP contribution in [0.15, 0.2) is 30.6 Å². The summed E-state index contributed by atoms with van der Waals surface area (Å²) in [5.74, 6) is -0.104. The van der Waals surface area contributed by atoms with Gasteiger partial charge in [-0.1, -0.05) is 13.0 Å². The minimum atomic E-state index is -0.358. The van der Waals surface area contributed by atoms with Crippen LogP contribution in [-0.2, 0) is 16.0 Å². The van der Waals surface area contributed by atoms with E-state index < -0.39 is 0 Å². The summed E-state index contributed by atoms with van der Waals surface area (Å²) >= 11 is 0. The molecule has 2 aromatic rings. The lowest BCUT2D eigenvalue weighted by molar-refractivity contribution is -0.142. The summed E-state index contributed by atoms with van der Waals surface area (Å²) in [6.45, 7) is 3.00. The van der Waals surface area contributed by atoms with Crippen LogP contribution in [0.1, 0.15) is 19.0 Å². The summed E-state index contributed by atoms with van der Waals surface area (Å²) < 4.78 is 1.89. The van der Waals surface area contributed by atoms with Crippen molar-refractivity contribution in [1.82, 2.24) is 19.6 Å². The smallest absolute Gasteiger partial charge is 0.242 e. The molecule has 110 valence electrons. The number of pyridine rings is 1. The topological polar surface area (TPSA) is 66.7 Å². The Bertz CT molecular complexity index is 646. The van der Waals surface area contributed by atoms with Crippen LogP contribution in [0.2, 0.25) is 0 Å². The Morgan fingerprint density at radius 2 is 2.33 bits per heavy atom. The van der Waals surface area contributed by atoms with E-state index in [1.807, 2.05) is 41.9 Å². The molecule has 1 unspecified atom stereocenters. The Hall–Kier alpha value is -2.37. The molecule has 0 spiro atoms. The molecule has 1 saturated heterocycles. The Labute approximate surface area is 122 Å². The van der Waals surface area contributed by atoms with Gasteiger partial charge in [-0.25, -0.2) is 4.98 Å². The molecule has 21 heavy (non-hydrogen) atoms. The molecule has 0 aromatic carbocycles. The Balaban J connectivity index is 1.77. The lowest BCUT2D eigenvalue weighted by atomic mass is 10.1. The first-order valence-corrected chi connectivity index (χ1v) is 7.19. The van der Waals surface area contributed by atoms with Gasteiger partial charge in [0.1, 0.15) is 11.7 Å². The Kier molecular flexibility index (Phi) is 3.60. The monoisotopic (exact) mass is 286 g/mol. The number of hydrogen-bond acceptors (Lipinski definition) is 3. The van der Waals surface area contributed by atoms with Crippen molar-refractivity contribution in [2.75, 3.05) is 13.1 Å². The number of amides is 2. The van der Waals surface area contributed by atoms with Gasteiger partial charge in [-0.05, 0) is 18.6 Å². The quantitative estimate of drug-likeness (QED) is 0.899. The predicted octanol–water partition coefficient (Wildman–Crippen LogP) is 0.614. The van der Waals surface area contributed by atoms with Gasteiger partial charge in [0.25, 0.3) is 0 Å². The highest BCUT2D eigenvalue weighted by Crippen LogP contribution is 2.12. The van der Waals surface area contributed by atoms with Crippen molar-refractivity contribution in [3.63, 3.8) is 0 Å². The van der Waals surface area contributed by atoms with E-state index in [9.17, 15) is 9.59 Å². The molecule has 6 heteroatoms. The van der Waals surface area contributed by atoms with Gasteiger partial charge in [-0.3, -0.25) is 9.59 Å². The van der Waals surface area contributed by atoms with Crippen LogP contribution in [-0.4, -0.2) is 45.2 Å². The van der Waals surface area contributed by atoms with Crippen LogP contribution < -0.4 is 5.32 Å². The third-order valence-corrected chi connectivity index (χ3v) is 3.78. The third kappa shape index (κ3) is 2.61. The number of nitrogens with zero attached hydrogens (tertiary/aromatic N) is 3. The second kappa shape index (κ2) is 5.55. The zero-order valence-electron chi connectivity index (χ0n) is 12.0. The third-order valence-electron chi connectivity index (χ3n) is 3.78. The van der Waals surface area contributed by atoms with Gasteiger partial charge in [0.15, 0.2) is 0 Å². The number of carbonyl (C=O) groups is 2. The highest BCUT2D eigenvalue weighted by Gasteiger charge is 2.31. The normalized spacial score (nSPS) is 18.8. The van der Waals surface area contributed by atoms with Crippen LogP contribution in [0.4, 0.5) is 0 Å². The maximum atomic E-state index is 12.5. The molecule has 2 aromatic heterocycles. The molecule has 0 saturated carbocycles. The number of fused-ring (bicyclic) bond motifs is 1. The summed E-state index contributed by atoms with van der Waals surface area (Å²) in [5.41, 5.74) is 1.55. The van der Waals surface area contributed by atoms with Crippen molar-refractivity contribution >= 4 is 17.5 Å². The van der Waals surface area contributed by atoms with Crippen molar-refractivity contribution < 1.29 is 9.59 Å². The van der Waals surface area contributed by atoms with Gasteiger partial charge in [-0.2, -0.15) is 0 Å². The zero-order valence-corrected chi connectivity index (χ0v) is 12.0. The standard InChI is InChI=1S/C15H18N4O2/c1-2-12-15(21)16-6-8-19(12)14(20)9-11-10-18-7-4-3-5-13(18)17-11/h3-5,7,10,12H,2,6,8-9H2,1H3,(H,16,21). The van der Waals surface area contributed by atoms with Gasteiger partial charge in [0.2, 0.25) is 11.8 Å². The molecule has 0 radical (unpaired) electrons. The fourth-order valence-electron chi connectivity index (χ4n) is 2.75. The van der Waals surface area contributed by atoms with Gasteiger partial charge in [0.05, 0.1) is 12.1 Å². The fourth-order valence-corrected chi connectivity index (χ4v) is 2.75. The molecule has 1 N–H and O–H groups in total. The summed E-state index contributed by atoms with van der Waals surface area (Å²) in [5, 5.41) is 2.80. The van der Waals surface area contributed by atoms with Crippen molar-refractivity contribution in [2.45, 2.75) is 25.8 Å². The molecule has 1 aliphatic heterocycles. The first-order valence-electron chi connectivity index (χ1n) is 7.19. The second-order valence-electron chi connectivity index (χ2n) is 5.18. The second-order valence-corrected chi connectivity index (χ2v) is 5.18. The summed E-state index contributed by atoms with van der Waals surface area (Å²) in [6.07, 6.45) is 4.62. The summed E-state index contributed by atoms with van der Waals surface area (Å²) in [7, 11) is 0. The van der Waals surface area contributed by atoms with E-state index in [0.29, 0.717) is 19.5 Å². The largest absolute Gasteiger partial charge is 0.353 e. The highest BCUT2D eigenvalue weighted by molar-refractivity contribution is 5.89. The van der Waals surface area contributed by atoms with E-state index in [1.165, 1.54) is 0 Å². The lowest BCUT2D eigenvalue weighted by Gasteiger charge is -2.34. The molecule has 3 heterocycles. The average Bonchev–Trinajstić information content (AvgIpc) is 2.89. The van der Waals surface area contributed by atoms with E-state index in [1.54, 1.807) is 4.90 Å². The van der Waals surface area contributed by atoms with Crippen LogP contribution in [0, 0.1) is 0 Å². The first-order chi connectivity index (χ1) is 10.2. The van der Waals surface area contributed by atoms with Crippen molar-refractivity contribution in [2.24, 2.45) is 0 Å². The molecule has 0 bridgehead atoms. The summed E-state index contributed by atoms with van der Waals surface area (Å²) in [4.78, 5) is 30.4. The molecule has 0 aliphatic carbocycles. The first kappa shape index (κ1) is 13.6. The SMILES string of the molecule is CCC1C(=O)NCCN1C(=O)Cc1cn2ccccc2n1. The highest BCUT2D eigenvalue weighted by atomic mass is 16.2. The zero-order chi connectivity index (χ0) is 14.8. The molecule has 1 fully saturated rings. The summed E-state index contributed by atoms with van der Waals surface area (Å²) in [6, 6.07) is 5.37. The maximum Gasteiger partial charge on any atom is 0.242 e. The molecule has 2 amide bonds. The number of hydrogen-bond donors (Lipinski definition) is 1. The minimum Gasteiger partial charge on any atom is -0.353 e. The van der Waals surface area contributed by atoms with Crippen LogP contribution in [0.25, 0.3) is 5.65 Å². The molecule has 1 aliphatic rings. The van der Waals surface area contributed by atoms with Crippen molar-refractivity contribution in [1.29, 1.82) is 0 Å². The van der Waals surface area contributed by atoms with Gasteiger partial charge in [0, 0.05) is 25.5 Å². The molecule has 3 rings (SSSR count). The van der Waals surface area contributed by atoms with E-state index >= 15 is 0 Å². The van der Waals surface area contributed by atoms with E-state index in [2.05, 4.69) is 10.3 Å². The van der Waals surface area contributed by atoms with Crippen molar-refractivity contribution in [3.05, 3.63) is 36.3 Å². The Morgan fingerprint density at radius 3 is 3.10 bits per heavy atom. The molecule has 6 nitrogen and oxygen atoms in total. The van der Waals surface area contributed by atoms with Crippen LogP contribution in [0.3, 0.4) is 0 Å². The maximum absolute atomic E-state index is 12.5. The molecular weight excluding hydrogens is 268 g/mol. The molecule has 1 atom stereocenters. The van der Waals surface area contributed by atoms with Crippen molar-refractivity contribution in [3.8, 4) is 0 Å². The van der Waals surface area contributed by atoms with E-state index in [-0.39, 0.29) is 24.3 Å². The lowest BCUT2D eigenvalue weighted by Crippen LogP contribution is -2.57. The number of nitrogens with one attached hydrogen (secondary N) is 1. The average molecular weight is 286 g/mol. The molecular formula is C15H18N4O2. The van der Waals surface area contributed by atoms with E-state index in [4.69, 9.17) is 0 Å². The Morgan fingerprint density at radius 1 is 1.48 bits per heavy atom. The van der Waals surface area contributed by atoms with Crippen LogP contribution >= 0.6 is 0 Å². The van der Waals surface area contributed by atoms with Crippen LogP contribution in [0.5, 0.6) is 0 Å². The minimum absolute atomic E-state index is 0.0416. The van der Waals surface area contributed by atoms with Gasteiger partial charge < -0.3 is 14.6 Å². The van der Waals surface area contributed by atoms with Gasteiger partial charge in [-0.15, -0.1) is 0 Å².